The van der Waals surface area contributed by atoms with Gasteiger partial charge < -0.3 is 27.9 Å². The summed E-state index contributed by atoms with van der Waals surface area (Å²) in [7, 11) is -13.1. The standard InChI is InChI=1S/C15H24O12S3.3Na/c16-28(17,18)7-1-4-25-13-10-14(26-5-2-8-29(19,20)21)12-15(11-13)27-6-3-9-30(22,23)24;;;/h10-12H,1-9H2,(H,16,17,18)(H,19,20,21)(H,22,23,24);;;/q;3*+1/p-3. The van der Waals surface area contributed by atoms with Crippen molar-refractivity contribution >= 4 is 30.4 Å². The quantitative estimate of drug-likeness (QED) is 0.112. The molecule has 0 spiro atoms. The van der Waals surface area contributed by atoms with Gasteiger partial charge in [-0.05, 0) is 19.3 Å². The van der Waals surface area contributed by atoms with Gasteiger partial charge in [0.1, 0.15) is 17.2 Å². The van der Waals surface area contributed by atoms with Crippen LogP contribution in [0.25, 0.3) is 0 Å². The third-order valence-electron chi connectivity index (χ3n) is 3.28. The molecule has 1 aromatic carbocycles. The molecular formula is C15H21Na3O12S3. The Bertz CT molecular complexity index is 857. The van der Waals surface area contributed by atoms with Crippen molar-refractivity contribution in [3.05, 3.63) is 18.2 Å². The van der Waals surface area contributed by atoms with Gasteiger partial charge >= 0.3 is 88.7 Å². The molecule has 1 rings (SSSR count). The zero-order valence-corrected chi connectivity index (χ0v) is 27.2. The van der Waals surface area contributed by atoms with Crippen molar-refractivity contribution in [3.63, 3.8) is 0 Å². The molecule has 12 nitrogen and oxygen atoms in total. The second kappa shape index (κ2) is 18.6. The third-order valence-corrected chi connectivity index (χ3v) is 5.64. The van der Waals surface area contributed by atoms with Gasteiger partial charge in [-0.1, -0.05) is 0 Å². The molecule has 0 aliphatic rings. The number of hydrogen-bond donors (Lipinski definition) is 0. The summed E-state index contributed by atoms with van der Waals surface area (Å²) in [6.45, 7) is -0.312. The van der Waals surface area contributed by atoms with Crippen molar-refractivity contribution in [1.29, 1.82) is 0 Å². The Morgan fingerprint density at radius 1 is 0.515 bits per heavy atom. The maximum Gasteiger partial charge on any atom is 1.00 e. The van der Waals surface area contributed by atoms with E-state index in [0.717, 1.165) is 0 Å². The molecule has 0 radical (unpaired) electrons. The summed E-state index contributed by atoms with van der Waals surface area (Å²) in [6.07, 6.45) is -0.179. The van der Waals surface area contributed by atoms with E-state index in [1.807, 2.05) is 0 Å². The van der Waals surface area contributed by atoms with Gasteiger partial charge in [-0.3, -0.25) is 0 Å². The molecule has 0 N–H and O–H groups in total. The summed E-state index contributed by atoms with van der Waals surface area (Å²) in [4.78, 5) is 0. The number of hydrogen-bond acceptors (Lipinski definition) is 12. The van der Waals surface area contributed by atoms with Crippen molar-refractivity contribution in [3.8, 4) is 17.2 Å². The molecule has 0 aromatic heterocycles. The Labute approximate surface area is 260 Å². The van der Waals surface area contributed by atoms with E-state index in [0.29, 0.717) is 0 Å². The van der Waals surface area contributed by atoms with Gasteiger partial charge in [-0.15, -0.1) is 0 Å². The monoisotopic (exact) mass is 558 g/mol. The fraction of sp³-hybridized carbons (Fsp3) is 0.600. The van der Waals surface area contributed by atoms with Gasteiger partial charge in [0.15, 0.2) is 0 Å². The molecule has 0 unspecified atom stereocenters. The number of rotatable bonds is 15. The van der Waals surface area contributed by atoms with Gasteiger partial charge in [0, 0.05) is 35.5 Å². The fourth-order valence-electron chi connectivity index (χ4n) is 2.07. The van der Waals surface area contributed by atoms with Crippen LogP contribution < -0.4 is 103 Å². The van der Waals surface area contributed by atoms with E-state index in [-0.39, 0.29) is 145 Å². The molecule has 0 fully saturated rings. The average Bonchev–Trinajstić information content (AvgIpc) is 2.57. The Kier molecular flexibility index (Phi) is 21.9. The molecule has 1 aromatic rings. The molecule has 0 amide bonds. The molecule has 174 valence electrons. The van der Waals surface area contributed by atoms with E-state index in [2.05, 4.69) is 0 Å². The van der Waals surface area contributed by atoms with E-state index in [1.165, 1.54) is 18.2 Å². The maximum atomic E-state index is 10.6. The number of ether oxygens (including phenoxy) is 3. The minimum Gasteiger partial charge on any atom is -0.748 e. The molecular weight excluding hydrogens is 537 g/mol. The fourth-order valence-corrected chi connectivity index (χ4v) is 3.49. The minimum absolute atomic E-state index is 0. The number of benzene rings is 1. The molecule has 0 atom stereocenters. The summed E-state index contributed by atoms with van der Waals surface area (Å²) < 4.78 is 111. The predicted molar refractivity (Wildman–Crippen MR) is 100 cm³/mol. The van der Waals surface area contributed by atoms with Gasteiger partial charge in [0.2, 0.25) is 0 Å². The summed E-state index contributed by atoms with van der Waals surface area (Å²) in [6, 6.07) is 4.19. The Morgan fingerprint density at radius 2 is 0.727 bits per heavy atom. The summed E-state index contributed by atoms with van der Waals surface area (Å²) >= 11 is 0. The smallest absolute Gasteiger partial charge is 0.748 e. The zero-order chi connectivity index (χ0) is 22.8. The largest absolute Gasteiger partial charge is 1.00 e. The molecule has 0 bridgehead atoms. The molecule has 0 saturated carbocycles. The van der Waals surface area contributed by atoms with Crippen LogP contribution in [0.1, 0.15) is 19.3 Å². The van der Waals surface area contributed by atoms with E-state index >= 15 is 0 Å². The van der Waals surface area contributed by atoms with Crippen LogP contribution in [0.4, 0.5) is 0 Å². The van der Waals surface area contributed by atoms with Gasteiger partial charge in [0.05, 0.1) is 50.2 Å². The van der Waals surface area contributed by atoms with E-state index in [4.69, 9.17) is 14.2 Å². The molecule has 33 heavy (non-hydrogen) atoms. The van der Waals surface area contributed by atoms with Crippen molar-refractivity contribution in [2.24, 2.45) is 0 Å². The SMILES string of the molecule is O=S(=O)([O-])CCCOc1cc(OCCCS(=O)(=O)[O-])cc(OCCCS(=O)(=O)[O-])c1.[Na+].[Na+].[Na+]. The first-order chi connectivity index (χ1) is 13.7. The van der Waals surface area contributed by atoms with Crippen LogP contribution in [0.2, 0.25) is 0 Å². The second-order valence-electron chi connectivity index (χ2n) is 6.03. The molecule has 0 heterocycles. The van der Waals surface area contributed by atoms with Gasteiger partial charge in [-0.25, -0.2) is 25.3 Å². The summed E-state index contributed by atoms with van der Waals surface area (Å²) in [5.41, 5.74) is 0. The normalized spacial score (nSPS) is 11.4. The zero-order valence-electron chi connectivity index (χ0n) is 18.7. The van der Waals surface area contributed by atoms with E-state index < -0.39 is 47.6 Å². The first kappa shape index (κ1) is 38.9. The van der Waals surface area contributed by atoms with Crippen LogP contribution in [-0.2, 0) is 30.4 Å². The molecule has 0 aliphatic carbocycles. The molecule has 0 saturated heterocycles. The van der Waals surface area contributed by atoms with Gasteiger partial charge in [0.25, 0.3) is 0 Å². The minimum atomic E-state index is -4.38. The van der Waals surface area contributed by atoms with E-state index in [9.17, 15) is 38.9 Å². The van der Waals surface area contributed by atoms with Crippen molar-refractivity contribution < 1.29 is 142 Å². The maximum absolute atomic E-state index is 10.6. The predicted octanol–water partition coefficient (Wildman–Crippen LogP) is -9.36. The summed E-state index contributed by atoms with van der Waals surface area (Å²) in [5, 5.41) is 0. The topological polar surface area (TPSA) is 199 Å². The average molecular weight is 558 g/mol. The van der Waals surface area contributed by atoms with Crippen molar-refractivity contribution in [2.75, 3.05) is 37.1 Å². The Hall–Kier alpha value is 1.35. The van der Waals surface area contributed by atoms with Crippen molar-refractivity contribution in [2.45, 2.75) is 19.3 Å². The van der Waals surface area contributed by atoms with Crippen LogP contribution in [0.15, 0.2) is 18.2 Å². The molecule has 0 aliphatic heterocycles. The third kappa shape index (κ3) is 23.5. The first-order valence-electron chi connectivity index (χ1n) is 8.58. The van der Waals surface area contributed by atoms with Crippen molar-refractivity contribution in [1.82, 2.24) is 0 Å². The second-order valence-corrected chi connectivity index (χ2v) is 10.6. The van der Waals surface area contributed by atoms with Gasteiger partial charge in [-0.2, -0.15) is 0 Å². The Morgan fingerprint density at radius 3 is 0.909 bits per heavy atom. The Balaban J connectivity index is -0.00000300. The van der Waals surface area contributed by atoms with Crippen LogP contribution in [-0.4, -0.2) is 76.0 Å². The molecule has 18 heteroatoms. The first-order valence-corrected chi connectivity index (χ1v) is 13.3. The van der Waals surface area contributed by atoms with Crippen LogP contribution in [0.5, 0.6) is 17.2 Å². The van der Waals surface area contributed by atoms with Crippen LogP contribution in [0.3, 0.4) is 0 Å². The summed E-state index contributed by atoms with van der Waals surface area (Å²) in [5.74, 6) is -1.30. The van der Waals surface area contributed by atoms with Crippen LogP contribution >= 0.6 is 0 Å². The van der Waals surface area contributed by atoms with E-state index in [1.54, 1.807) is 0 Å². The van der Waals surface area contributed by atoms with Crippen LogP contribution in [0, 0.1) is 0 Å².